The number of ether oxygens (including phenoxy) is 2. The number of aliphatic hydroxyl groups excluding tert-OH is 5. The summed E-state index contributed by atoms with van der Waals surface area (Å²) >= 11 is 0. The van der Waals surface area contributed by atoms with Crippen LogP contribution >= 0.6 is 0 Å². The molecule has 0 aromatic rings. The molecular weight excluding hydrogens is 646 g/mol. The van der Waals surface area contributed by atoms with Crippen LogP contribution in [-0.2, 0) is 14.3 Å². The summed E-state index contributed by atoms with van der Waals surface area (Å²) in [5.41, 5.74) is 0. The maximum atomic E-state index is 12.9. The van der Waals surface area contributed by atoms with E-state index in [2.05, 4.69) is 31.3 Å². The minimum absolute atomic E-state index is 0.146. The molecule has 1 saturated heterocycles. The van der Waals surface area contributed by atoms with Gasteiger partial charge in [-0.1, -0.05) is 161 Å². The summed E-state index contributed by atoms with van der Waals surface area (Å²) in [6.45, 7) is 3.80. The van der Waals surface area contributed by atoms with Crippen molar-refractivity contribution < 1.29 is 39.8 Å². The van der Waals surface area contributed by atoms with Gasteiger partial charge >= 0.3 is 0 Å². The van der Waals surface area contributed by atoms with Gasteiger partial charge in [-0.25, -0.2) is 0 Å². The molecule has 6 N–H and O–H groups in total. The lowest BCUT2D eigenvalue weighted by Crippen LogP contribution is -2.60. The van der Waals surface area contributed by atoms with Crippen LogP contribution in [0.15, 0.2) is 12.2 Å². The first-order chi connectivity index (χ1) is 24.8. The Morgan fingerprint density at radius 2 is 1.10 bits per heavy atom. The van der Waals surface area contributed by atoms with Crippen molar-refractivity contribution in [3.05, 3.63) is 12.2 Å². The summed E-state index contributed by atoms with van der Waals surface area (Å²) in [6, 6.07) is -0.728. The molecule has 302 valence electrons. The second-order valence-corrected chi connectivity index (χ2v) is 15.1. The SMILES string of the molecule is CCCCCCCCCCCC/C=C/CCCC[C@@H](O)[C@H](CO[C@@H]1O[C@H](CO)[C@@H](O)C(O)C1O)NC(=O)CCCCCCCCCCCCCC. The molecule has 7 atom stereocenters. The fourth-order valence-corrected chi connectivity index (χ4v) is 6.86. The smallest absolute Gasteiger partial charge is 0.220 e. The van der Waals surface area contributed by atoms with Crippen molar-refractivity contribution in [3.63, 3.8) is 0 Å². The van der Waals surface area contributed by atoms with Gasteiger partial charge in [-0.15, -0.1) is 0 Å². The van der Waals surface area contributed by atoms with Gasteiger partial charge in [-0.2, -0.15) is 0 Å². The van der Waals surface area contributed by atoms with Crippen molar-refractivity contribution in [1.29, 1.82) is 0 Å². The third-order valence-electron chi connectivity index (χ3n) is 10.4. The van der Waals surface area contributed by atoms with E-state index in [0.717, 1.165) is 44.9 Å². The number of amides is 1. The number of carbonyl (C=O) groups is 1. The standard InChI is InChI=1S/C42H81NO8/c1-3-5-7-9-11-13-15-17-18-19-20-21-23-25-27-29-31-36(45)35(34-50-42-41(49)40(48)39(47)37(33-44)51-42)43-38(46)32-30-28-26-24-22-16-14-12-10-8-6-4-2/h21,23,35-37,39-42,44-45,47-49H,3-20,22,24-34H2,1-2H3,(H,43,46)/b23-21+/t35-,36+,37+,39+,40?,41?,42+/m0/s1. The normalized spacial score (nSPS) is 22.1. The van der Waals surface area contributed by atoms with Gasteiger partial charge in [-0.3, -0.25) is 4.79 Å². The van der Waals surface area contributed by atoms with Gasteiger partial charge in [0, 0.05) is 6.42 Å². The summed E-state index contributed by atoms with van der Waals surface area (Å²) in [7, 11) is 0. The van der Waals surface area contributed by atoms with Crippen LogP contribution in [0.3, 0.4) is 0 Å². The van der Waals surface area contributed by atoms with Crippen LogP contribution < -0.4 is 5.32 Å². The molecule has 1 heterocycles. The molecule has 1 aliphatic heterocycles. The fourth-order valence-electron chi connectivity index (χ4n) is 6.86. The summed E-state index contributed by atoms with van der Waals surface area (Å²) in [6.07, 6.45) is 29.3. The lowest BCUT2D eigenvalue weighted by molar-refractivity contribution is -0.302. The predicted octanol–water partition coefficient (Wildman–Crippen LogP) is 8.17. The molecule has 2 unspecified atom stereocenters. The van der Waals surface area contributed by atoms with E-state index in [1.54, 1.807) is 0 Å². The highest BCUT2D eigenvalue weighted by atomic mass is 16.7. The third-order valence-corrected chi connectivity index (χ3v) is 10.4. The van der Waals surface area contributed by atoms with Gasteiger partial charge < -0.3 is 40.3 Å². The van der Waals surface area contributed by atoms with Crippen LogP contribution in [0.25, 0.3) is 0 Å². The highest BCUT2D eigenvalue weighted by Gasteiger charge is 2.44. The first kappa shape index (κ1) is 48.0. The maximum Gasteiger partial charge on any atom is 0.220 e. The van der Waals surface area contributed by atoms with Crippen molar-refractivity contribution >= 4 is 5.91 Å². The zero-order valence-electron chi connectivity index (χ0n) is 32.9. The van der Waals surface area contributed by atoms with E-state index < -0.39 is 49.5 Å². The Morgan fingerprint density at radius 1 is 0.647 bits per heavy atom. The molecule has 0 radical (unpaired) electrons. The highest BCUT2D eigenvalue weighted by Crippen LogP contribution is 2.23. The quantitative estimate of drug-likeness (QED) is 0.0283. The predicted molar refractivity (Wildman–Crippen MR) is 207 cm³/mol. The second-order valence-electron chi connectivity index (χ2n) is 15.1. The van der Waals surface area contributed by atoms with Crippen LogP contribution in [0, 0.1) is 0 Å². The molecular formula is C42H81NO8. The number of carbonyl (C=O) groups excluding carboxylic acids is 1. The Morgan fingerprint density at radius 3 is 1.59 bits per heavy atom. The average molecular weight is 728 g/mol. The Labute approximate surface area is 312 Å². The number of unbranched alkanes of at least 4 members (excludes halogenated alkanes) is 23. The van der Waals surface area contributed by atoms with Crippen molar-refractivity contribution in [3.8, 4) is 0 Å². The number of nitrogens with one attached hydrogen (secondary N) is 1. The van der Waals surface area contributed by atoms with E-state index in [0.29, 0.717) is 12.8 Å². The molecule has 0 aromatic heterocycles. The summed E-state index contributed by atoms with van der Waals surface area (Å²) in [5.74, 6) is -0.154. The fraction of sp³-hybridized carbons (Fsp3) is 0.929. The van der Waals surface area contributed by atoms with Crippen molar-refractivity contribution in [1.82, 2.24) is 5.32 Å². The van der Waals surface area contributed by atoms with Crippen molar-refractivity contribution in [2.75, 3.05) is 13.2 Å². The Balaban J connectivity index is 2.39. The Hall–Kier alpha value is -1.07. The molecule has 0 saturated carbocycles. The molecule has 9 heteroatoms. The van der Waals surface area contributed by atoms with E-state index in [4.69, 9.17) is 9.47 Å². The molecule has 0 aromatic carbocycles. The highest BCUT2D eigenvalue weighted by molar-refractivity contribution is 5.76. The minimum atomic E-state index is -1.55. The van der Waals surface area contributed by atoms with Crippen LogP contribution in [0.2, 0.25) is 0 Å². The van der Waals surface area contributed by atoms with Gasteiger partial charge in [0.2, 0.25) is 5.91 Å². The first-order valence-electron chi connectivity index (χ1n) is 21.4. The van der Waals surface area contributed by atoms with Crippen molar-refractivity contribution in [2.24, 2.45) is 0 Å². The van der Waals surface area contributed by atoms with Crippen molar-refractivity contribution in [2.45, 2.75) is 236 Å². The van der Waals surface area contributed by atoms with E-state index in [-0.39, 0.29) is 12.5 Å². The molecule has 0 spiro atoms. The van der Waals surface area contributed by atoms with Crippen LogP contribution in [0.4, 0.5) is 0 Å². The topological polar surface area (TPSA) is 149 Å². The first-order valence-corrected chi connectivity index (χ1v) is 21.4. The molecule has 1 rings (SSSR count). The van der Waals surface area contributed by atoms with E-state index in [1.807, 2.05) is 0 Å². The molecule has 0 aliphatic carbocycles. The molecule has 1 amide bonds. The van der Waals surface area contributed by atoms with Crippen LogP contribution in [0.5, 0.6) is 0 Å². The summed E-state index contributed by atoms with van der Waals surface area (Å²) in [4.78, 5) is 12.9. The van der Waals surface area contributed by atoms with Gasteiger partial charge in [0.15, 0.2) is 6.29 Å². The lowest BCUT2D eigenvalue weighted by Gasteiger charge is -2.40. The zero-order valence-corrected chi connectivity index (χ0v) is 32.9. The van der Waals surface area contributed by atoms with Crippen LogP contribution in [0.1, 0.15) is 194 Å². The number of allylic oxidation sites excluding steroid dienone is 2. The van der Waals surface area contributed by atoms with Gasteiger partial charge in [0.25, 0.3) is 0 Å². The Kier molecular flexibility index (Phi) is 31.5. The van der Waals surface area contributed by atoms with Crippen LogP contribution in [-0.4, -0.2) is 87.5 Å². The largest absolute Gasteiger partial charge is 0.394 e. The summed E-state index contributed by atoms with van der Waals surface area (Å²) in [5, 5.41) is 54.2. The Bertz CT molecular complexity index is 812. The minimum Gasteiger partial charge on any atom is -0.394 e. The molecule has 9 nitrogen and oxygen atoms in total. The number of rotatable bonds is 35. The zero-order chi connectivity index (χ0) is 37.4. The van der Waals surface area contributed by atoms with E-state index >= 15 is 0 Å². The number of aliphatic hydroxyl groups is 5. The van der Waals surface area contributed by atoms with E-state index in [9.17, 15) is 30.3 Å². The van der Waals surface area contributed by atoms with Gasteiger partial charge in [-0.05, 0) is 38.5 Å². The molecule has 0 bridgehead atoms. The number of hydrogen-bond donors (Lipinski definition) is 6. The van der Waals surface area contributed by atoms with Gasteiger partial charge in [0.1, 0.15) is 24.4 Å². The second kappa shape index (κ2) is 33.5. The molecule has 1 aliphatic rings. The molecule has 51 heavy (non-hydrogen) atoms. The lowest BCUT2D eigenvalue weighted by atomic mass is 9.99. The maximum absolute atomic E-state index is 12.9. The average Bonchev–Trinajstić information content (AvgIpc) is 3.13. The summed E-state index contributed by atoms with van der Waals surface area (Å²) < 4.78 is 11.2. The number of hydrogen-bond acceptors (Lipinski definition) is 8. The molecule has 1 fully saturated rings. The van der Waals surface area contributed by atoms with Gasteiger partial charge in [0.05, 0.1) is 25.4 Å². The third kappa shape index (κ3) is 24.8. The monoisotopic (exact) mass is 728 g/mol. The van der Waals surface area contributed by atoms with E-state index in [1.165, 1.54) is 122 Å².